The first-order valence-electron chi connectivity index (χ1n) is 7.88. The van der Waals surface area contributed by atoms with Gasteiger partial charge >= 0.3 is 5.97 Å². The number of benzene rings is 1. The van der Waals surface area contributed by atoms with E-state index in [1.807, 2.05) is 30.3 Å². The van der Waals surface area contributed by atoms with Gasteiger partial charge in [-0.25, -0.2) is 0 Å². The van der Waals surface area contributed by atoms with Crippen LogP contribution in [-0.4, -0.2) is 23.2 Å². The number of nitrogens with one attached hydrogen (secondary N) is 1. The average molecular weight is 289 g/mol. The Hall–Kier alpha value is -1.35. The van der Waals surface area contributed by atoms with Gasteiger partial charge in [0.25, 0.3) is 0 Å². The molecular weight excluding hydrogens is 262 g/mol. The van der Waals surface area contributed by atoms with Crippen LogP contribution in [0.4, 0.5) is 0 Å². The van der Waals surface area contributed by atoms with E-state index in [9.17, 15) is 9.90 Å². The van der Waals surface area contributed by atoms with E-state index in [4.69, 9.17) is 0 Å². The number of aliphatic carboxylic acids is 1. The number of carboxylic acid groups (broad SMARTS) is 1. The molecule has 3 nitrogen and oxygen atoms in total. The van der Waals surface area contributed by atoms with Crippen molar-refractivity contribution in [3.05, 3.63) is 35.9 Å². The normalized spacial score (nSPS) is 26.2. The van der Waals surface area contributed by atoms with Crippen LogP contribution in [0.15, 0.2) is 30.3 Å². The highest BCUT2D eigenvalue weighted by atomic mass is 16.4. The van der Waals surface area contributed by atoms with Crippen LogP contribution in [0.1, 0.15) is 45.6 Å². The van der Waals surface area contributed by atoms with Crippen molar-refractivity contribution < 1.29 is 9.90 Å². The van der Waals surface area contributed by atoms with Crippen molar-refractivity contribution in [2.24, 2.45) is 11.3 Å². The molecule has 0 bridgehead atoms. The van der Waals surface area contributed by atoms with Gasteiger partial charge in [-0.1, -0.05) is 51.1 Å². The van der Waals surface area contributed by atoms with E-state index in [1.54, 1.807) is 0 Å². The topological polar surface area (TPSA) is 49.3 Å². The summed E-state index contributed by atoms with van der Waals surface area (Å²) in [6.07, 6.45) is 3.89. The molecule has 1 saturated carbocycles. The number of rotatable bonds is 5. The summed E-state index contributed by atoms with van der Waals surface area (Å²) < 4.78 is 0. The third-order valence-electron chi connectivity index (χ3n) is 4.40. The first kappa shape index (κ1) is 16.0. The fraction of sp³-hybridized carbons (Fsp3) is 0.611. The summed E-state index contributed by atoms with van der Waals surface area (Å²) in [5.41, 5.74) is 1.37. The number of hydrogen-bond acceptors (Lipinski definition) is 2. The smallest absolute Gasteiger partial charge is 0.321 e. The Labute approximate surface area is 127 Å². The molecule has 0 spiro atoms. The molecule has 0 radical (unpaired) electrons. The summed E-state index contributed by atoms with van der Waals surface area (Å²) in [5.74, 6) is -0.104. The standard InChI is InChI=1S/C18H27NO2/c1-13-9-15(12-18(2,3)11-13)19-16(17(20)21)10-14-7-5-4-6-8-14/h4-8,13,15-16,19H,9-12H2,1-3H3,(H,20,21)/t13?,15?,16-/m1/s1. The lowest BCUT2D eigenvalue weighted by atomic mass is 9.70. The Morgan fingerprint density at radius 3 is 2.57 bits per heavy atom. The Balaban J connectivity index is 2.01. The molecule has 2 unspecified atom stereocenters. The van der Waals surface area contributed by atoms with Crippen molar-refractivity contribution in [1.82, 2.24) is 5.32 Å². The second-order valence-corrected chi connectivity index (χ2v) is 7.36. The molecule has 3 atom stereocenters. The molecule has 0 aromatic heterocycles. The van der Waals surface area contributed by atoms with Crippen LogP contribution in [0, 0.1) is 11.3 Å². The molecular formula is C18H27NO2. The summed E-state index contributed by atoms with van der Waals surface area (Å²) in [6.45, 7) is 6.83. The third kappa shape index (κ3) is 4.85. The lowest BCUT2D eigenvalue weighted by molar-refractivity contribution is -0.139. The van der Waals surface area contributed by atoms with Crippen LogP contribution in [-0.2, 0) is 11.2 Å². The van der Waals surface area contributed by atoms with Crippen LogP contribution in [0.25, 0.3) is 0 Å². The molecule has 116 valence electrons. The molecule has 21 heavy (non-hydrogen) atoms. The van der Waals surface area contributed by atoms with Crippen LogP contribution < -0.4 is 5.32 Å². The molecule has 2 rings (SSSR count). The van der Waals surface area contributed by atoms with E-state index in [2.05, 4.69) is 26.1 Å². The van der Waals surface area contributed by atoms with Crippen LogP contribution in [0.2, 0.25) is 0 Å². The zero-order valence-corrected chi connectivity index (χ0v) is 13.3. The van der Waals surface area contributed by atoms with Gasteiger partial charge in [0.15, 0.2) is 0 Å². The Bertz CT molecular complexity index is 469. The summed E-state index contributed by atoms with van der Waals surface area (Å²) in [4.78, 5) is 11.6. The van der Waals surface area contributed by atoms with Crippen molar-refractivity contribution in [3.8, 4) is 0 Å². The number of hydrogen-bond donors (Lipinski definition) is 2. The van der Waals surface area contributed by atoms with E-state index >= 15 is 0 Å². The third-order valence-corrected chi connectivity index (χ3v) is 4.40. The quantitative estimate of drug-likeness (QED) is 0.872. The van der Waals surface area contributed by atoms with E-state index in [-0.39, 0.29) is 0 Å². The SMILES string of the molecule is CC1CC(N[C@H](Cc2ccccc2)C(=O)O)CC(C)(C)C1. The van der Waals surface area contributed by atoms with Gasteiger partial charge in [0.1, 0.15) is 6.04 Å². The Kier molecular flexibility index (Phi) is 5.04. The number of carboxylic acids is 1. The predicted octanol–water partition coefficient (Wildman–Crippen LogP) is 3.49. The summed E-state index contributed by atoms with van der Waals surface area (Å²) in [6, 6.07) is 9.65. The molecule has 0 saturated heterocycles. The van der Waals surface area contributed by atoms with Crippen molar-refractivity contribution >= 4 is 5.97 Å². The van der Waals surface area contributed by atoms with Gasteiger partial charge < -0.3 is 10.4 Å². The van der Waals surface area contributed by atoms with E-state index in [0.717, 1.165) is 18.4 Å². The van der Waals surface area contributed by atoms with Crippen LogP contribution >= 0.6 is 0 Å². The summed E-state index contributed by atoms with van der Waals surface area (Å²) >= 11 is 0. The molecule has 1 aliphatic carbocycles. The average Bonchev–Trinajstić information content (AvgIpc) is 2.36. The van der Waals surface area contributed by atoms with Gasteiger partial charge in [-0.3, -0.25) is 4.79 Å². The lowest BCUT2D eigenvalue weighted by Crippen LogP contribution is -2.48. The van der Waals surface area contributed by atoms with E-state index in [0.29, 0.717) is 23.8 Å². The second-order valence-electron chi connectivity index (χ2n) is 7.36. The number of carbonyl (C=O) groups is 1. The van der Waals surface area contributed by atoms with Crippen molar-refractivity contribution in [1.29, 1.82) is 0 Å². The van der Waals surface area contributed by atoms with Crippen LogP contribution in [0.5, 0.6) is 0 Å². The van der Waals surface area contributed by atoms with Gasteiger partial charge in [-0.15, -0.1) is 0 Å². The highest BCUT2D eigenvalue weighted by Crippen LogP contribution is 2.38. The molecule has 2 N–H and O–H groups in total. The molecule has 1 aliphatic rings. The Morgan fingerprint density at radius 2 is 2.00 bits per heavy atom. The minimum atomic E-state index is -0.755. The van der Waals surface area contributed by atoms with Gasteiger partial charge in [-0.05, 0) is 42.6 Å². The molecule has 1 aromatic carbocycles. The molecule has 1 fully saturated rings. The second kappa shape index (κ2) is 6.61. The fourth-order valence-electron chi connectivity index (χ4n) is 3.82. The maximum Gasteiger partial charge on any atom is 0.321 e. The zero-order valence-electron chi connectivity index (χ0n) is 13.3. The molecule has 0 aliphatic heterocycles. The molecule has 3 heteroatoms. The first-order chi connectivity index (χ1) is 9.85. The highest BCUT2D eigenvalue weighted by molar-refractivity contribution is 5.74. The molecule has 1 aromatic rings. The van der Waals surface area contributed by atoms with Crippen LogP contribution in [0.3, 0.4) is 0 Å². The lowest BCUT2D eigenvalue weighted by Gasteiger charge is -2.40. The monoisotopic (exact) mass is 289 g/mol. The molecule has 0 amide bonds. The van der Waals surface area contributed by atoms with Gasteiger partial charge in [0.2, 0.25) is 0 Å². The minimum absolute atomic E-state index is 0.297. The van der Waals surface area contributed by atoms with Crippen molar-refractivity contribution in [2.75, 3.05) is 0 Å². The van der Waals surface area contributed by atoms with E-state index in [1.165, 1.54) is 6.42 Å². The van der Waals surface area contributed by atoms with Gasteiger partial charge in [0, 0.05) is 6.04 Å². The maximum atomic E-state index is 11.6. The zero-order chi connectivity index (χ0) is 15.5. The minimum Gasteiger partial charge on any atom is -0.480 e. The van der Waals surface area contributed by atoms with E-state index < -0.39 is 12.0 Å². The summed E-state index contributed by atoms with van der Waals surface area (Å²) in [7, 11) is 0. The van der Waals surface area contributed by atoms with Gasteiger partial charge in [-0.2, -0.15) is 0 Å². The predicted molar refractivity (Wildman–Crippen MR) is 85.3 cm³/mol. The fourth-order valence-corrected chi connectivity index (χ4v) is 3.82. The summed E-state index contributed by atoms with van der Waals surface area (Å²) in [5, 5.41) is 12.9. The van der Waals surface area contributed by atoms with Gasteiger partial charge in [0.05, 0.1) is 0 Å². The van der Waals surface area contributed by atoms with Crippen molar-refractivity contribution in [2.45, 2.75) is 58.5 Å². The largest absolute Gasteiger partial charge is 0.480 e. The van der Waals surface area contributed by atoms with Crippen molar-refractivity contribution in [3.63, 3.8) is 0 Å². The Morgan fingerprint density at radius 1 is 1.33 bits per heavy atom. The molecule has 0 heterocycles. The maximum absolute atomic E-state index is 11.6. The first-order valence-corrected chi connectivity index (χ1v) is 7.88. The highest BCUT2D eigenvalue weighted by Gasteiger charge is 2.34.